The molecule has 2 heterocycles. The SMILES string of the molecule is CNC(=O)n1cc2c(n1)-c1ccc(Cl)cc1C(c1ccccc1F)=NC2. The minimum absolute atomic E-state index is 0.280. The Morgan fingerprint density at radius 3 is 2.77 bits per heavy atom. The van der Waals surface area contributed by atoms with Gasteiger partial charge in [0.25, 0.3) is 0 Å². The third kappa shape index (κ3) is 2.68. The number of halogens is 2. The van der Waals surface area contributed by atoms with Gasteiger partial charge in [-0.25, -0.2) is 9.18 Å². The Morgan fingerprint density at radius 2 is 2.00 bits per heavy atom. The van der Waals surface area contributed by atoms with E-state index in [1.165, 1.54) is 17.8 Å². The lowest BCUT2D eigenvalue weighted by molar-refractivity contribution is 0.241. The highest BCUT2D eigenvalue weighted by molar-refractivity contribution is 6.31. The van der Waals surface area contributed by atoms with Crippen molar-refractivity contribution in [2.75, 3.05) is 7.05 Å². The van der Waals surface area contributed by atoms with Crippen LogP contribution in [-0.4, -0.2) is 28.6 Å². The second-order valence-electron chi connectivity index (χ2n) is 5.84. The van der Waals surface area contributed by atoms with Crippen LogP contribution in [-0.2, 0) is 6.54 Å². The molecule has 26 heavy (non-hydrogen) atoms. The Hall–Kier alpha value is -2.99. The first kappa shape index (κ1) is 16.5. The van der Waals surface area contributed by atoms with E-state index >= 15 is 0 Å². The average Bonchev–Trinajstić information content (AvgIpc) is 3.01. The number of amides is 1. The Balaban J connectivity index is 1.95. The van der Waals surface area contributed by atoms with Crippen LogP contribution in [0.3, 0.4) is 0 Å². The van der Waals surface area contributed by atoms with Crippen LogP contribution in [0.4, 0.5) is 9.18 Å². The first-order valence-electron chi connectivity index (χ1n) is 7.98. The van der Waals surface area contributed by atoms with Crippen molar-refractivity contribution < 1.29 is 9.18 Å². The summed E-state index contributed by atoms with van der Waals surface area (Å²) in [6.07, 6.45) is 1.64. The zero-order valence-electron chi connectivity index (χ0n) is 13.8. The van der Waals surface area contributed by atoms with Gasteiger partial charge in [-0.2, -0.15) is 9.78 Å². The van der Waals surface area contributed by atoms with E-state index in [0.29, 0.717) is 27.6 Å². The monoisotopic (exact) mass is 368 g/mol. The first-order valence-corrected chi connectivity index (χ1v) is 8.36. The molecule has 1 amide bonds. The summed E-state index contributed by atoms with van der Waals surface area (Å²) in [6, 6.07) is 11.5. The molecule has 3 aromatic rings. The van der Waals surface area contributed by atoms with Crippen molar-refractivity contribution in [2.45, 2.75) is 6.54 Å². The largest absolute Gasteiger partial charge is 0.341 e. The van der Waals surface area contributed by atoms with Gasteiger partial charge in [0.2, 0.25) is 0 Å². The molecule has 0 unspecified atom stereocenters. The topological polar surface area (TPSA) is 59.3 Å². The number of rotatable bonds is 1. The van der Waals surface area contributed by atoms with Crippen molar-refractivity contribution >= 4 is 23.3 Å². The van der Waals surface area contributed by atoms with Gasteiger partial charge in [0, 0.05) is 40.5 Å². The summed E-state index contributed by atoms with van der Waals surface area (Å²) in [4.78, 5) is 16.5. The van der Waals surface area contributed by atoms with Crippen LogP contribution in [0.15, 0.2) is 53.7 Å². The molecule has 0 spiro atoms. The molecule has 0 fully saturated rings. The van der Waals surface area contributed by atoms with Crippen LogP contribution in [0.25, 0.3) is 11.3 Å². The number of hydrogen-bond donors (Lipinski definition) is 1. The van der Waals surface area contributed by atoms with Gasteiger partial charge in [0.05, 0.1) is 18.0 Å². The molecule has 1 aliphatic rings. The van der Waals surface area contributed by atoms with Gasteiger partial charge in [-0.1, -0.05) is 29.8 Å². The number of benzene rings is 2. The molecule has 1 aromatic heterocycles. The van der Waals surface area contributed by atoms with Gasteiger partial charge in [0.1, 0.15) is 5.82 Å². The normalized spacial score (nSPS) is 12.7. The van der Waals surface area contributed by atoms with Crippen LogP contribution < -0.4 is 5.32 Å². The number of fused-ring (bicyclic) bond motifs is 3. The van der Waals surface area contributed by atoms with Gasteiger partial charge < -0.3 is 5.32 Å². The Bertz CT molecular complexity index is 1060. The standard InChI is InChI=1S/C19H14ClFN4O/c1-22-19(26)25-10-11-9-23-18(14-4-2-3-5-16(14)21)15-8-12(20)6-7-13(15)17(11)24-25/h2-8,10H,9H2,1H3,(H,22,26). The fourth-order valence-corrected chi connectivity index (χ4v) is 3.19. The van der Waals surface area contributed by atoms with Crippen LogP contribution in [0.1, 0.15) is 16.7 Å². The quantitative estimate of drug-likeness (QED) is 0.708. The molecular formula is C19H14ClFN4O. The molecule has 5 nitrogen and oxygen atoms in total. The maximum Gasteiger partial charge on any atom is 0.341 e. The lowest BCUT2D eigenvalue weighted by Crippen LogP contribution is -2.24. The summed E-state index contributed by atoms with van der Waals surface area (Å²) in [5, 5.41) is 7.45. The fraction of sp³-hybridized carbons (Fsp3) is 0.105. The van der Waals surface area contributed by atoms with E-state index in [0.717, 1.165) is 11.1 Å². The molecule has 1 N–H and O–H groups in total. The van der Waals surface area contributed by atoms with E-state index in [1.54, 1.807) is 36.5 Å². The minimum Gasteiger partial charge on any atom is -0.339 e. The van der Waals surface area contributed by atoms with Crippen molar-refractivity contribution in [1.29, 1.82) is 0 Å². The summed E-state index contributed by atoms with van der Waals surface area (Å²) in [6.45, 7) is 0.280. The maximum absolute atomic E-state index is 14.4. The number of aromatic nitrogens is 2. The first-order chi connectivity index (χ1) is 12.6. The molecule has 0 radical (unpaired) electrons. The molecule has 130 valence electrons. The second-order valence-corrected chi connectivity index (χ2v) is 6.27. The Morgan fingerprint density at radius 1 is 1.19 bits per heavy atom. The van der Waals surface area contributed by atoms with Gasteiger partial charge in [-0.15, -0.1) is 0 Å². The van der Waals surface area contributed by atoms with Gasteiger partial charge in [0.15, 0.2) is 0 Å². The number of nitrogens with zero attached hydrogens (tertiary/aromatic N) is 3. The van der Waals surface area contributed by atoms with E-state index in [1.807, 2.05) is 6.07 Å². The molecule has 0 saturated heterocycles. The van der Waals surface area contributed by atoms with E-state index in [9.17, 15) is 9.18 Å². The third-order valence-electron chi connectivity index (χ3n) is 4.24. The predicted molar refractivity (Wildman–Crippen MR) is 98.3 cm³/mol. The van der Waals surface area contributed by atoms with Crippen molar-refractivity contribution in [3.63, 3.8) is 0 Å². The predicted octanol–water partition coefficient (Wildman–Crippen LogP) is 3.88. The van der Waals surface area contributed by atoms with Gasteiger partial charge in [-0.3, -0.25) is 4.99 Å². The molecule has 7 heteroatoms. The average molecular weight is 369 g/mol. The summed E-state index contributed by atoms with van der Waals surface area (Å²) < 4.78 is 15.6. The summed E-state index contributed by atoms with van der Waals surface area (Å²) >= 11 is 6.19. The van der Waals surface area contributed by atoms with Crippen molar-refractivity contribution in [3.8, 4) is 11.3 Å². The number of carbonyl (C=O) groups excluding carboxylic acids is 1. The Kier molecular flexibility index (Phi) is 4.05. The molecule has 2 aromatic carbocycles. The lowest BCUT2D eigenvalue weighted by atomic mass is 9.95. The molecule has 0 aliphatic carbocycles. The molecule has 0 saturated carbocycles. The van der Waals surface area contributed by atoms with Crippen LogP contribution >= 0.6 is 11.6 Å². The number of carbonyl (C=O) groups is 1. The highest BCUT2D eigenvalue weighted by Gasteiger charge is 2.24. The molecule has 0 atom stereocenters. The minimum atomic E-state index is -0.354. The highest BCUT2D eigenvalue weighted by atomic mass is 35.5. The van der Waals surface area contributed by atoms with E-state index in [2.05, 4.69) is 15.4 Å². The summed E-state index contributed by atoms with van der Waals surface area (Å²) in [7, 11) is 1.54. The zero-order valence-corrected chi connectivity index (χ0v) is 14.6. The van der Waals surface area contributed by atoms with Crippen molar-refractivity contribution in [1.82, 2.24) is 15.1 Å². The summed E-state index contributed by atoms with van der Waals surface area (Å²) in [5.41, 5.74) is 3.78. The van der Waals surface area contributed by atoms with E-state index < -0.39 is 0 Å². The summed E-state index contributed by atoms with van der Waals surface area (Å²) in [5.74, 6) is -0.354. The lowest BCUT2D eigenvalue weighted by Gasteiger charge is -2.11. The van der Waals surface area contributed by atoms with Crippen molar-refractivity contribution in [3.05, 3.63) is 76.2 Å². The molecule has 4 rings (SSSR count). The Labute approximate surface area is 154 Å². The molecule has 1 aliphatic heterocycles. The van der Waals surface area contributed by atoms with E-state index in [-0.39, 0.29) is 18.4 Å². The maximum atomic E-state index is 14.4. The highest BCUT2D eigenvalue weighted by Crippen LogP contribution is 2.33. The van der Waals surface area contributed by atoms with Crippen LogP contribution in [0.5, 0.6) is 0 Å². The zero-order chi connectivity index (χ0) is 18.3. The molecular weight excluding hydrogens is 355 g/mol. The molecule has 0 bridgehead atoms. The number of nitrogens with one attached hydrogen (secondary N) is 1. The fourth-order valence-electron chi connectivity index (χ4n) is 3.02. The van der Waals surface area contributed by atoms with Crippen LogP contribution in [0.2, 0.25) is 5.02 Å². The third-order valence-corrected chi connectivity index (χ3v) is 4.48. The number of hydrogen-bond acceptors (Lipinski definition) is 3. The smallest absolute Gasteiger partial charge is 0.339 e. The second kappa shape index (κ2) is 6.38. The van der Waals surface area contributed by atoms with E-state index in [4.69, 9.17) is 11.6 Å². The van der Waals surface area contributed by atoms with Crippen LogP contribution in [0, 0.1) is 5.82 Å². The number of aliphatic imine (C=N–C) groups is 1. The van der Waals surface area contributed by atoms with Crippen molar-refractivity contribution in [2.24, 2.45) is 4.99 Å². The van der Waals surface area contributed by atoms with Gasteiger partial charge >= 0.3 is 6.03 Å². The van der Waals surface area contributed by atoms with Gasteiger partial charge in [-0.05, 0) is 24.3 Å².